The second kappa shape index (κ2) is 7.31. The van der Waals surface area contributed by atoms with Gasteiger partial charge in [-0.3, -0.25) is 10.2 Å². The molecule has 5 N–H and O–H groups in total. The van der Waals surface area contributed by atoms with Gasteiger partial charge in [-0.1, -0.05) is 6.92 Å². The number of carbonyl (C=O) groups excluding carboxylic acids is 1. The number of rotatable bonds is 7. The van der Waals surface area contributed by atoms with Crippen LogP contribution >= 0.6 is 0 Å². The third-order valence-corrected chi connectivity index (χ3v) is 2.13. The summed E-state index contributed by atoms with van der Waals surface area (Å²) in [4.78, 5) is 25.4. The van der Waals surface area contributed by atoms with Crippen molar-refractivity contribution in [2.45, 2.75) is 13.3 Å². The Bertz CT molecular complexity index is 422. The molecule has 0 aliphatic carbocycles. The van der Waals surface area contributed by atoms with Crippen molar-refractivity contribution in [2.24, 2.45) is 5.84 Å². The molecule has 1 heterocycles. The van der Waals surface area contributed by atoms with Gasteiger partial charge in [0.1, 0.15) is 0 Å². The summed E-state index contributed by atoms with van der Waals surface area (Å²) in [5, 5.41) is 5.57. The van der Waals surface area contributed by atoms with Gasteiger partial charge >= 0.3 is 0 Å². The van der Waals surface area contributed by atoms with Gasteiger partial charge in [0.25, 0.3) is 0 Å². The summed E-state index contributed by atoms with van der Waals surface area (Å²) in [6.07, 6.45) is 0.892. The highest BCUT2D eigenvalue weighted by molar-refractivity contribution is 5.80. The number of hydrazine groups is 1. The Kier molecular flexibility index (Phi) is 5.73. The molecule has 0 unspecified atom stereocenters. The molecule has 0 bridgehead atoms. The zero-order chi connectivity index (χ0) is 14.3. The van der Waals surface area contributed by atoms with Crippen LogP contribution in [0.15, 0.2) is 0 Å². The topological polar surface area (TPSA) is 121 Å². The Morgan fingerprint density at radius 2 is 1.95 bits per heavy atom. The van der Waals surface area contributed by atoms with E-state index in [-0.39, 0.29) is 18.4 Å². The molecule has 0 aromatic carbocycles. The fourth-order valence-electron chi connectivity index (χ4n) is 1.19. The zero-order valence-electron chi connectivity index (χ0n) is 11.4. The van der Waals surface area contributed by atoms with Crippen LogP contribution in [0.25, 0.3) is 0 Å². The molecule has 1 aromatic heterocycles. The first-order valence-corrected chi connectivity index (χ1v) is 5.97. The predicted octanol–water partition coefficient (Wildman–Crippen LogP) is -0.839. The maximum Gasteiger partial charge on any atom is 0.243 e. The lowest BCUT2D eigenvalue weighted by molar-refractivity contribution is -0.119. The number of nitrogens with two attached hydrogens (primary N) is 1. The van der Waals surface area contributed by atoms with Crippen molar-refractivity contribution < 1.29 is 4.79 Å². The van der Waals surface area contributed by atoms with E-state index in [9.17, 15) is 4.79 Å². The first-order chi connectivity index (χ1) is 9.06. The smallest absolute Gasteiger partial charge is 0.243 e. The first-order valence-electron chi connectivity index (χ1n) is 5.97. The van der Waals surface area contributed by atoms with Gasteiger partial charge in [-0.15, -0.1) is 0 Å². The molecule has 0 aliphatic heterocycles. The highest BCUT2D eigenvalue weighted by atomic mass is 16.1. The average Bonchev–Trinajstić information content (AvgIpc) is 2.42. The molecular formula is C10H20N8O. The predicted molar refractivity (Wildman–Crippen MR) is 73.8 cm³/mol. The second-order valence-electron chi connectivity index (χ2n) is 4.02. The minimum Gasteiger partial charge on any atom is -0.355 e. The van der Waals surface area contributed by atoms with E-state index in [0.717, 1.165) is 6.42 Å². The molecule has 0 fully saturated rings. The SMILES string of the molecule is CCCNC(=O)CNc1nc(NN)nc(N(C)C)n1. The quantitative estimate of drug-likeness (QED) is 0.373. The summed E-state index contributed by atoms with van der Waals surface area (Å²) in [5.74, 6) is 6.13. The number of amides is 1. The van der Waals surface area contributed by atoms with Crippen LogP contribution in [0.4, 0.5) is 17.8 Å². The number of anilines is 3. The summed E-state index contributed by atoms with van der Waals surface area (Å²) >= 11 is 0. The van der Waals surface area contributed by atoms with Gasteiger partial charge in [0, 0.05) is 20.6 Å². The van der Waals surface area contributed by atoms with E-state index in [1.54, 1.807) is 19.0 Å². The van der Waals surface area contributed by atoms with Gasteiger partial charge < -0.3 is 15.5 Å². The van der Waals surface area contributed by atoms with Crippen LogP contribution in [-0.4, -0.2) is 48.0 Å². The van der Waals surface area contributed by atoms with E-state index in [0.29, 0.717) is 18.4 Å². The number of aromatic nitrogens is 3. The van der Waals surface area contributed by atoms with E-state index in [1.807, 2.05) is 6.92 Å². The van der Waals surface area contributed by atoms with Crippen LogP contribution in [0.1, 0.15) is 13.3 Å². The molecule has 0 spiro atoms. The third kappa shape index (κ3) is 4.92. The van der Waals surface area contributed by atoms with E-state index in [4.69, 9.17) is 5.84 Å². The normalized spacial score (nSPS) is 9.89. The molecule has 1 aromatic rings. The number of nitrogens with one attached hydrogen (secondary N) is 3. The molecule has 0 aliphatic rings. The zero-order valence-corrected chi connectivity index (χ0v) is 11.4. The van der Waals surface area contributed by atoms with Crippen LogP contribution in [0.3, 0.4) is 0 Å². The minimum absolute atomic E-state index is 0.0981. The molecule has 0 saturated heterocycles. The van der Waals surface area contributed by atoms with E-state index < -0.39 is 0 Å². The monoisotopic (exact) mass is 268 g/mol. The van der Waals surface area contributed by atoms with Crippen LogP contribution < -0.4 is 26.8 Å². The fraction of sp³-hybridized carbons (Fsp3) is 0.600. The lowest BCUT2D eigenvalue weighted by Gasteiger charge is -2.13. The van der Waals surface area contributed by atoms with Crippen LogP contribution in [0.5, 0.6) is 0 Å². The number of hydrogen-bond donors (Lipinski definition) is 4. The number of carbonyl (C=O) groups is 1. The molecule has 0 saturated carbocycles. The van der Waals surface area contributed by atoms with Crippen LogP contribution in [0.2, 0.25) is 0 Å². The van der Waals surface area contributed by atoms with Gasteiger partial charge in [0.2, 0.25) is 23.8 Å². The minimum atomic E-state index is -0.115. The third-order valence-electron chi connectivity index (χ3n) is 2.13. The summed E-state index contributed by atoms with van der Waals surface area (Å²) < 4.78 is 0. The van der Waals surface area contributed by atoms with Crippen molar-refractivity contribution in [3.8, 4) is 0 Å². The van der Waals surface area contributed by atoms with Crippen molar-refractivity contribution in [1.29, 1.82) is 0 Å². The summed E-state index contributed by atoms with van der Waals surface area (Å²) in [6, 6.07) is 0. The van der Waals surface area contributed by atoms with Crippen molar-refractivity contribution in [2.75, 3.05) is 42.8 Å². The Hall–Kier alpha value is -2.16. The maximum absolute atomic E-state index is 11.5. The average molecular weight is 268 g/mol. The standard InChI is InChI=1S/C10H20N8O/c1-4-5-12-7(19)6-13-8-14-9(17-11)16-10(15-8)18(2)3/h4-6,11H2,1-3H3,(H,12,19)(H2,13,14,15,16,17). The molecule has 0 radical (unpaired) electrons. The Morgan fingerprint density at radius 3 is 2.53 bits per heavy atom. The largest absolute Gasteiger partial charge is 0.355 e. The summed E-state index contributed by atoms with van der Waals surface area (Å²) in [7, 11) is 3.60. The Labute approximate surface area is 112 Å². The van der Waals surface area contributed by atoms with Crippen LogP contribution in [0, 0.1) is 0 Å². The highest BCUT2D eigenvalue weighted by Crippen LogP contribution is 2.09. The molecule has 1 rings (SSSR count). The van der Waals surface area contributed by atoms with E-state index in [2.05, 4.69) is 31.0 Å². The van der Waals surface area contributed by atoms with Gasteiger partial charge in [-0.25, -0.2) is 5.84 Å². The number of nitrogens with zero attached hydrogens (tertiary/aromatic N) is 4. The molecule has 106 valence electrons. The van der Waals surface area contributed by atoms with Crippen LogP contribution in [-0.2, 0) is 4.79 Å². The van der Waals surface area contributed by atoms with Gasteiger partial charge in [-0.2, -0.15) is 15.0 Å². The van der Waals surface area contributed by atoms with E-state index in [1.165, 1.54) is 0 Å². The van der Waals surface area contributed by atoms with Crippen molar-refractivity contribution >= 4 is 23.8 Å². The molecular weight excluding hydrogens is 248 g/mol. The molecule has 19 heavy (non-hydrogen) atoms. The highest BCUT2D eigenvalue weighted by Gasteiger charge is 2.08. The number of nitrogen functional groups attached to an aromatic ring is 1. The van der Waals surface area contributed by atoms with Crippen molar-refractivity contribution in [3.63, 3.8) is 0 Å². The molecule has 1 amide bonds. The fourth-order valence-corrected chi connectivity index (χ4v) is 1.19. The molecule has 9 nitrogen and oxygen atoms in total. The maximum atomic E-state index is 11.5. The van der Waals surface area contributed by atoms with E-state index >= 15 is 0 Å². The van der Waals surface area contributed by atoms with Gasteiger partial charge in [0.15, 0.2) is 0 Å². The number of hydrogen-bond acceptors (Lipinski definition) is 8. The summed E-state index contributed by atoms with van der Waals surface area (Å²) in [5.41, 5.74) is 2.36. The second-order valence-corrected chi connectivity index (χ2v) is 4.02. The Balaban J connectivity index is 2.67. The van der Waals surface area contributed by atoms with Gasteiger partial charge in [0.05, 0.1) is 6.54 Å². The summed E-state index contributed by atoms with van der Waals surface area (Å²) in [6.45, 7) is 2.74. The lowest BCUT2D eigenvalue weighted by Crippen LogP contribution is -2.31. The van der Waals surface area contributed by atoms with Gasteiger partial charge in [-0.05, 0) is 6.42 Å². The van der Waals surface area contributed by atoms with Crippen molar-refractivity contribution in [1.82, 2.24) is 20.3 Å². The molecule has 0 atom stereocenters. The first kappa shape index (κ1) is 14.9. The Morgan fingerprint density at radius 1 is 1.26 bits per heavy atom. The van der Waals surface area contributed by atoms with Crippen molar-refractivity contribution in [3.05, 3.63) is 0 Å². The molecule has 9 heteroatoms. The lowest BCUT2D eigenvalue weighted by atomic mass is 10.4.